The second-order valence-corrected chi connectivity index (χ2v) is 4.78. The molecule has 0 amide bonds. The molecular weight excluding hydrogens is 285 g/mol. The van der Waals surface area contributed by atoms with Crippen LogP contribution in [0.25, 0.3) is 0 Å². The van der Waals surface area contributed by atoms with Gasteiger partial charge in [0.05, 0.1) is 6.54 Å². The molecule has 0 radical (unpaired) electrons. The lowest BCUT2D eigenvalue weighted by Gasteiger charge is -2.00. The maximum absolute atomic E-state index is 6.09. The first kappa shape index (κ1) is 14.1. The van der Waals surface area contributed by atoms with Crippen LogP contribution in [0.2, 0.25) is 10.0 Å². The van der Waals surface area contributed by atoms with Gasteiger partial charge in [0.2, 0.25) is 5.89 Å². The van der Waals surface area contributed by atoms with Crippen molar-refractivity contribution in [3.63, 3.8) is 0 Å². The summed E-state index contributed by atoms with van der Waals surface area (Å²) in [7, 11) is 0. The van der Waals surface area contributed by atoms with Crippen LogP contribution >= 0.6 is 23.2 Å². The fourth-order valence-electron chi connectivity index (χ4n) is 1.55. The molecule has 0 atom stereocenters. The van der Waals surface area contributed by atoms with E-state index in [0.29, 0.717) is 41.3 Å². The summed E-state index contributed by atoms with van der Waals surface area (Å²) in [5, 5.41) is 8.21. The van der Waals surface area contributed by atoms with Crippen LogP contribution in [0.3, 0.4) is 0 Å². The molecule has 0 bridgehead atoms. The van der Waals surface area contributed by atoms with Gasteiger partial charge in [0, 0.05) is 23.0 Å². The third-order valence-corrected chi connectivity index (χ3v) is 3.03. The van der Waals surface area contributed by atoms with Crippen LogP contribution in [0, 0.1) is 0 Å². The Balaban J connectivity index is 2.01. The van der Waals surface area contributed by atoms with Crippen LogP contribution in [-0.4, -0.2) is 16.7 Å². The summed E-state index contributed by atoms with van der Waals surface area (Å²) < 4.78 is 5.12. The first-order valence-corrected chi connectivity index (χ1v) is 6.51. The van der Waals surface area contributed by atoms with Gasteiger partial charge in [-0.1, -0.05) is 40.5 Å². The maximum atomic E-state index is 6.09. The molecule has 0 fully saturated rings. The Kier molecular flexibility index (Phi) is 4.96. The predicted molar refractivity (Wildman–Crippen MR) is 75.5 cm³/mol. The van der Waals surface area contributed by atoms with Crippen molar-refractivity contribution < 1.29 is 4.52 Å². The van der Waals surface area contributed by atoms with Gasteiger partial charge in [-0.25, -0.2) is 0 Å². The zero-order chi connectivity index (χ0) is 13.7. The summed E-state index contributed by atoms with van der Waals surface area (Å²) in [5.74, 6) is 1.14. The Hall–Kier alpha value is -1.36. The van der Waals surface area contributed by atoms with Crippen molar-refractivity contribution in [3.05, 3.63) is 58.2 Å². The summed E-state index contributed by atoms with van der Waals surface area (Å²) in [6.45, 7) is 4.83. The van der Waals surface area contributed by atoms with Gasteiger partial charge in [-0.2, -0.15) is 4.98 Å². The standard InChI is InChI=1S/C13H13Cl2N3O/c1-2-5-16-8-13-17-12(18-19-13)6-9-3-4-10(14)7-11(9)15/h2-4,7,16H,1,5-6,8H2. The van der Waals surface area contributed by atoms with Gasteiger partial charge in [-0.15, -0.1) is 6.58 Å². The molecule has 100 valence electrons. The third kappa shape index (κ3) is 4.06. The van der Waals surface area contributed by atoms with E-state index in [4.69, 9.17) is 27.7 Å². The Labute approximate surface area is 121 Å². The van der Waals surface area contributed by atoms with E-state index in [1.54, 1.807) is 18.2 Å². The summed E-state index contributed by atoms with van der Waals surface area (Å²) in [6, 6.07) is 5.34. The molecule has 0 aliphatic rings. The van der Waals surface area contributed by atoms with E-state index in [-0.39, 0.29) is 0 Å². The van der Waals surface area contributed by atoms with Crippen LogP contribution in [0.15, 0.2) is 35.4 Å². The molecule has 1 aromatic heterocycles. The lowest BCUT2D eigenvalue weighted by molar-refractivity contribution is 0.366. The lowest BCUT2D eigenvalue weighted by atomic mass is 10.1. The minimum absolute atomic E-state index is 0.515. The topological polar surface area (TPSA) is 51.0 Å². The molecule has 4 nitrogen and oxygen atoms in total. The van der Waals surface area contributed by atoms with Crippen LogP contribution in [-0.2, 0) is 13.0 Å². The normalized spacial score (nSPS) is 10.6. The van der Waals surface area contributed by atoms with E-state index in [1.807, 2.05) is 6.07 Å². The van der Waals surface area contributed by atoms with Crippen molar-refractivity contribution >= 4 is 23.2 Å². The average molecular weight is 298 g/mol. The van der Waals surface area contributed by atoms with Crippen LogP contribution in [0.1, 0.15) is 17.3 Å². The van der Waals surface area contributed by atoms with Crippen molar-refractivity contribution in [2.45, 2.75) is 13.0 Å². The van der Waals surface area contributed by atoms with Crippen molar-refractivity contribution in [2.24, 2.45) is 0 Å². The van der Waals surface area contributed by atoms with Crippen molar-refractivity contribution in [3.8, 4) is 0 Å². The number of halogens is 2. The molecule has 6 heteroatoms. The van der Waals surface area contributed by atoms with E-state index in [0.717, 1.165) is 5.56 Å². The second kappa shape index (κ2) is 6.70. The Bertz CT molecular complexity index is 569. The van der Waals surface area contributed by atoms with Crippen molar-refractivity contribution in [1.82, 2.24) is 15.5 Å². The number of aromatic nitrogens is 2. The summed E-state index contributed by atoms with van der Waals surface area (Å²) in [4.78, 5) is 4.27. The van der Waals surface area contributed by atoms with Gasteiger partial charge < -0.3 is 9.84 Å². The maximum Gasteiger partial charge on any atom is 0.240 e. The Morgan fingerprint density at radius 1 is 1.37 bits per heavy atom. The highest BCUT2D eigenvalue weighted by atomic mass is 35.5. The number of nitrogens with one attached hydrogen (secondary N) is 1. The Morgan fingerprint density at radius 2 is 2.21 bits per heavy atom. The molecule has 0 aliphatic carbocycles. The van der Waals surface area contributed by atoms with Crippen molar-refractivity contribution in [1.29, 1.82) is 0 Å². The van der Waals surface area contributed by atoms with E-state index in [2.05, 4.69) is 22.0 Å². The molecule has 1 heterocycles. The van der Waals surface area contributed by atoms with E-state index < -0.39 is 0 Å². The molecule has 0 saturated heterocycles. The molecule has 0 aliphatic heterocycles. The molecular formula is C13H13Cl2N3O. The van der Waals surface area contributed by atoms with Crippen LogP contribution in [0.4, 0.5) is 0 Å². The number of rotatable bonds is 6. The highest BCUT2D eigenvalue weighted by molar-refractivity contribution is 6.35. The highest BCUT2D eigenvalue weighted by Gasteiger charge is 2.09. The molecule has 2 rings (SSSR count). The smallest absolute Gasteiger partial charge is 0.240 e. The molecule has 2 aromatic rings. The van der Waals surface area contributed by atoms with Gasteiger partial charge in [-0.3, -0.25) is 0 Å². The number of hydrogen-bond donors (Lipinski definition) is 1. The van der Waals surface area contributed by atoms with Gasteiger partial charge in [0.25, 0.3) is 0 Å². The first-order valence-electron chi connectivity index (χ1n) is 5.76. The van der Waals surface area contributed by atoms with E-state index in [9.17, 15) is 0 Å². The summed E-state index contributed by atoms with van der Waals surface area (Å²) in [5.41, 5.74) is 0.914. The largest absolute Gasteiger partial charge is 0.338 e. The van der Waals surface area contributed by atoms with E-state index >= 15 is 0 Å². The molecule has 0 spiro atoms. The van der Waals surface area contributed by atoms with Gasteiger partial charge in [-0.05, 0) is 17.7 Å². The highest BCUT2D eigenvalue weighted by Crippen LogP contribution is 2.22. The second-order valence-electron chi connectivity index (χ2n) is 3.94. The van der Waals surface area contributed by atoms with Crippen LogP contribution in [0.5, 0.6) is 0 Å². The third-order valence-electron chi connectivity index (χ3n) is 2.44. The minimum Gasteiger partial charge on any atom is -0.338 e. The van der Waals surface area contributed by atoms with Crippen molar-refractivity contribution in [2.75, 3.05) is 6.54 Å². The number of hydrogen-bond acceptors (Lipinski definition) is 4. The minimum atomic E-state index is 0.515. The van der Waals surface area contributed by atoms with E-state index in [1.165, 1.54) is 0 Å². The molecule has 1 aromatic carbocycles. The quantitative estimate of drug-likeness (QED) is 0.657. The SMILES string of the molecule is C=CCNCc1nc(Cc2ccc(Cl)cc2Cl)no1. The van der Waals surface area contributed by atoms with Gasteiger partial charge >= 0.3 is 0 Å². The zero-order valence-electron chi connectivity index (χ0n) is 10.2. The zero-order valence-corrected chi connectivity index (χ0v) is 11.7. The molecule has 1 N–H and O–H groups in total. The van der Waals surface area contributed by atoms with Gasteiger partial charge in [0.15, 0.2) is 5.82 Å². The number of benzene rings is 1. The fraction of sp³-hybridized carbons (Fsp3) is 0.231. The monoisotopic (exact) mass is 297 g/mol. The molecule has 0 unspecified atom stereocenters. The fourth-order valence-corrected chi connectivity index (χ4v) is 2.03. The average Bonchev–Trinajstić information content (AvgIpc) is 2.81. The Morgan fingerprint density at radius 3 is 2.95 bits per heavy atom. The first-order chi connectivity index (χ1) is 9.19. The summed E-state index contributed by atoms with van der Waals surface area (Å²) in [6.07, 6.45) is 2.28. The van der Waals surface area contributed by atoms with Crippen LogP contribution < -0.4 is 5.32 Å². The van der Waals surface area contributed by atoms with Gasteiger partial charge in [0.1, 0.15) is 0 Å². The molecule has 19 heavy (non-hydrogen) atoms. The summed E-state index contributed by atoms with van der Waals surface area (Å²) >= 11 is 11.9. The lowest BCUT2D eigenvalue weighted by Crippen LogP contribution is -2.12. The number of nitrogens with zero attached hydrogens (tertiary/aromatic N) is 2. The predicted octanol–water partition coefficient (Wildman–Crippen LogP) is 3.24. The molecule has 0 saturated carbocycles.